The standard InChI is InChI=1S/C27H15N4.C25H25N2.Ir/c1-30-26-22(29-27(30)17-11-9-16(15-28)10-12-17)14-13-21-20-7-4-6-19-18-5-2-3-8-23(18)31(24(19)20)25(21)26;1-17(2)20-13-10-14-21(18(3)4)24(20)27-23-16-9-8-15-22(23)26-25(27)19-11-6-5-7-12-19;/h2-11,13-14H,1H3;5-11,13-18H,1-4H3;/q2*-1;. The molecule has 0 aliphatic rings. The van der Waals surface area contributed by atoms with Crippen molar-refractivity contribution in [2.24, 2.45) is 7.05 Å². The fraction of sp³-hybridized carbons (Fsp3) is 0.135. The number of fused-ring (bicyclic) bond motifs is 9. The van der Waals surface area contributed by atoms with Crippen LogP contribution in [0.15, 0.2) is 140 Å². The van der Waals surface area contributed by atoms with Crippen LogP contribution in [0.2, 0.25) is 0 Å². The summed E-state index contributed by atoms with van der Waals surface area (Å²) in [6.45, 7) is 9.04. The van der Waals surface area contributed by atoms with E-state index in [1.54, 1.807) is 6.07 Å². The molecule has 0 aliphatic carbocycles. The molecule has 0 aliphatic heterocycles. The summed E-state index contributed by atoms with van der Waals surface area (Å²) in [5.74, 6) is 2.64. The molecule has 59 heavy (non-hydrogen) atoms. The molecule has 0 fully saturated rings. The minimum absolute atomic E-state index is 0. The predicted molar refractivity (Wildman–Crippen MR) is 238 cm³/mol. The monoisotopic (exact) mass is 941 g/mol. The maximum atomic E-state index is 9.10. The van der Waals surface area contributed by atoms with Crippen LogP contribution >= 0.6 is 0 Å². The quantitative estimate of drug-likeness (QED) is 0.162. The molecule has 4 aromatic heterocycles. The molecule has 0 saturated heterocycles. The van der Waals surface area contributed by atoms with Crippen LogP contribution in [-0.2, 0) is 27.2 Å². The molecule has 7 heteroatoms. The van der Waals surface area contributed by atoms with Gasteiger partial charge in [-0.25, -0.2) is 5.26 Å². The van der Waals surface area contributed by atoms with Crippen molar-refractivity contribution in [1.29, 1.82) is 5.26 Å². The third kappa shape index (κ3) is 6.02. The topological polar surface area (TPSA) is 63.8 Å². The average Bonchev–Trinajstić information content (AvgIpc) is 4.01. The van der Waals surface area contributed by atoms with E-state index in [2.05, 4.69) is 170 Å². The Kier molecular flexibility index (Phi) is 9.64. The van der Waals surface area contributed by atoms with Crippen molar-refractivity contribution in [1.82, 2.24) is 23.5 Å². The van der Waals surface area contributed by atoms with Gasteiger partial charge in [0.15, 0.2) is 0 Å². The van der Waals surface area contributed by atoms with E-state index in [1.807, 2.05) is 30.3 Å². The van der Waals surface area contributed by atoms with Gasteiger partial charge in [0.05, 0.1) is 50.3 Å². The van der Waals surface area contributed by atoms with E-state index in [-0.39, 0.29) is 20.1 Å². The van der Waals surface area contributed by atoms with Gasteiger partial charge in [0.1, 0.15) is 0 Å². The number of nitriles is 1. The Morgan fingerprint density at radius 1 is 0.559 bits per heavy atom. The first-order chi connectivity index (χ1) is 28.3. The first-order valence-corrected chi connectivity index (χ1v) is 19.9. The molecule has 289 valence electrons. The Morgan fingerprint density at radius 2 is 1.19 bits per heavy atom. The second-order valence-corrected chi connectivity index (χ2v) is 15.6. The number of nitrogens with zero attached hydrogens (tertiary/aromatic N) is 6. The number of hydrogen-bond acceptors (Lipinski definition) is 3. The largest absolute Gasteiger partial charge is 0.365 e. The van der Waals surface area contributed by atoms with Crippen molar-refractivity contribution in [2.75, 3.05) is 0 Å². The van der Waals surface area contributed by atoms with Crippen molar-refractivity contribution in [2.45, 2.75) is 39.5 Å². The Labute approximate surface area is 356 Å². The van der Waals surface area contributed by atoms with Gasteiger partial charge in [-0.1, -0.05) is 94.4 Å². The van der Waals surface area contributed by atoms with Gasteiger partial charge in [-0.05, 0) is 58.9 Å². The molecular weight excluding hydrogens is 901 g/mol. The zero-order chi connectivity index (χ0) is 39.7. The first kappa shape index (κ1) is 38.0. The summed E-state index contributed by atoms with van der Waals surface area (Å²) in [6.07, 6.45) is 0. The molecule has 0 unspecified atom stereocenters. The summed E-state index contributed by atoms with van der Waals surface area (Å²) < 4.78 is 6.88. The van der Waals surface area contributed by atoms with Crippen LogP contribution in [-0.4, -0.2) is 23.5 Å². The van der Waals surface area contributed by atoms with E-state index in [0.29, 0.717) is 17.4 Å². The summed E-state index contributed by atoms with van der Waals surface area (Å²) >= 11 is 0. The maximum absolute atomic E-state index is 9.10. The minimum Gasteiger partial charge on any atom is -0.365 e. The van der Waals surface area contributed by atoms with Crippen molar-refractivity contribution < 1.29 is 20.1 Å². The van der Waals surface area contributed by atoms with Crippen LogP contribution in [0.25, 0.3) is 88.6 Å². The summed E-state index contributed by atoms with van der Waals surface area (Å²) in [5.41, 5.74) is 14.3. The number of aromatic nitrogens is 5. The van der Waals surface area contributed by atoms with Crippen LogP contribution in [0.5, 0.6) is 0 Å². The van der Waals surface area contributed by atoms with E-state index in [1.165, 1.54) is 54.9 Å². The van der Waals surface area contributed by atoms with Crippen LogP contribution in [0.1, 0.15) is 56.2 Å². The summed E-state index contributed by atoms with van der Waals surface area (Å²) in [6, 6.07) is 56.8. The van der Waals surface area contributed by atoms with Gasteiger partial charge in [0, 0.05) is 60.5 Å². The molecule has 0 amide bonds. The number of benzene rings is 7. The minimum atomic E-state index is 0. The molecule has 11 aromatic rings. The van der Waals surface area contributed by atoms with Crippen LogP contribution in [0, 0.1) is 23.5 Å². The maximum Gasteiger partial charge on any atom is 0.0839 e. The fourth-order valence-corrected chi connectivity index (χ4v) is 8.81. The van der Waals surface area contributed by atoms with Crippen molar-refractivity contribution in [3.8, 4) is 34.5 Å². The normalized spacial score (nSPS) is 11.6. The molecule has 0 atom stereocenters. The Morgan fingerprint density at radius 3 is 1.88 bits per heavy atom. The van der Waals surface area contributed by atoms with E-state index in [9.17, 15) is 0 Å². The van der Waals surface area contributed by atoms with Gasteiger partial charge in [0.25, 0.3) is 0 Å². The molecule has 4 heterocycles. The van der Waals surface area contributed by atoms with Gasteiger partial charge >= 0.3 is 0 Å². The molecule has 6 nitrogen and oxygen atoms in total. The number of hydrogen-bond donors (Lipinski definition) is 0. The summed E-state index contributed by atoms with van der Waals surface area (Å²) in [5, 5.41) is 14.1. The third-order valence-corrected chi connectivity index (χ3v) is 11.5. The SMILES string of the molecule is CC(C)c1cccc(C(C)C)c1-n1c(-c2[c-]cccc2)nc2ccccc21.Cn1c(-c2[c-]cc(C#N)cc2)nc2ccc3c4cccc5c6ccccc6n(c54)c3c21.[Ir]. The van der Waals surface area contributed by atoms with Crippen molar-refractivity contribution >= 4 is 60.2 Å². The van der Waals surface area contributed by atoms with Crippen LogP contribution in [0.3, 0.4) is 0 Å². The van der Waals surface area contributed by atoms with Gasteiger partial charge in [-0.15, -0.1) is 65.7 Å². The third-order valence-electron chi connectivity index (χ3n) is 11.5. The molecule has 0 bridgehead atoms. The average molecular weight is 941 g/mol. The molecule has 7 aromatic carbocycles. The number of rotatable bonds is 5. The summed E-state index contributed by atoms with van der Waals surface area (Å²) in [7, 11) is 2.06. The molecule has 0 spiro atoms. The van der Waals surface area contributed by atoms with E-state index >= 15 is 0 Å². The second-order valence-electron chi connectivity index (χ2n) is 15.6. The zero-order valence-corrected chi connectivity index (χ0v) is 35.8. The van der Waals surface area contributed by atoms with Crippen molar-refractivity contribution in [3.05, 3.63) is 168 Å². The van der Waals surface area contributed by atoms with Gasteiger partial charge < -0.3 is 13.5 Å². The first-order valence-electron chi connectivity index (χ1n) is 19.9. The Balaban J connectivity index is 0.000000151. The Hall–Kier alpha value is -6.58. The van der Waals surface area contributed by atoms with Gasteiger partial charge in [0.2, 0.25) is 0 Å². The zero-order valence-electron chi connectivity index (χ0n) is 33.5. The second kappa shape index (κ2) is 15.0. The number of aryl methyl sites for hydroxylation is 1. The van der Waals surface area contributed by atoms with Gasteiger partial charge in [-0.3, -0.25) is 9.97 Å². The van der Waals surface area contributed by atoms with E-state index in [0.717, 1.165) is 44.8 Å². The smallest absolute Gasteiger partial charge is 0.0839 e. The molecular formula is C52H40IrN6-2. The molecule has 0 saturated carbocycles. The van der Waals surface area contributed by atoms with E-state index in [4.69, 9.17) is 15.2 Å². The molecule has 0 N–H and O–H groups in total. The summed E-state index contributed by atoms with van der Waals surface area (Å²) in [4.78, 5) is 9.93. The van der Waals surface area contributed by atoms with Crippen LogP contribution in [0.4, 0.5) is 0 Å². The number of para-hydroxylation sites is 5. The van der Waals surface area contributed by atoms with Crippen LogP contribution < -0.4 is 0 Å². The predicted octanol–water partition coefficient (Wildman–Crippen LogP) is 12.8. The van der Waals surface area contributed by atoms with Crippen molar-refractivity contribution in [3.63, 3.8) is 0 Å². The molecule has 11 rings (SSSR count). The Bertz CT molecular complexity index is 3330. The van der Waals surface area contributed by atoms with E-state index < -0.39 is 0 Å². The number of imidazole rings is 2. The molecule has 1 radical (unpaired) electrons. The van der Waals surface area contributed by atoms with Gasteiger partial charge in [-0.2, -0.15) is 0 Å². The fourth-order valence-electron chi connectivity index (χ4n) is 8.81.